The second kappa shape index (κ2) is 3.56. The minimum atomic E-state index is 0.481. The SMILES string of the molecule is Cc1ccnc2nc(C(C)C3CNC3)[nH]c12. The Labute approximate surface area is 94.5 Å². The van der Waals surface area contributed by atoms with Crippen LogP contribution in [-0.4, -0.2) is 28.0 Å². The van der Waals surface area contributed by atoms with Crippen molar-refractivity contribution >= 4 is 11.2 Å². The van der Waals surface area contributed by atoms with Crippen molar-refractivity contribution in [1.29, 1.82) is 0 Å². The predicted molar refractivity (Wildman–Crippen MR) is 63.4 cm³/mol. The number of pyridine rings is 1. The third kappa shape index (κ3) is 1.41. The van der Waals surface area contributed by atoms with Gasteiger partial charge in [-0.2, -0.15) is 0 Å². The van der Waals surface area contributed by atoms with Gasteiger partial charge in [-0.05, 0) is 37.6 Å². The summed E-state index contributed by atoms with van der Waals surface area (Å²) in [5, 5.41) is 3.30. The van der Waals surface area contributed by atoms with Crippen LogP contribution in [0.1, 0.15) is 24.2 Å². The first-order chi connectivity index (χ1) is 7.75. The molecule has 4 heteroatoms. The zero-order valence-corrected chi connectivity index (χ0v) is 9.62. The van der Waals surface area contributed by atoms with Gasteiger partial charge in [0.2, 0.25) is 0 Å². The quantitative estimate of drug-likeness (QED) is 0.801. The minimum absolute atomic E-state index is 0.481. The Morgan fingerprint density at radius 2 is 2.25 bits per heavy atom. The molecule has 4 nitrogen and oxygen atoms in total. The molecule has 16 heavy (non-hydrogen) atoms. The monoisotopic (exact) mass is 216 g/mol. The van der Waals surface area contributed by atoms with E-state index in [1.807, 2.05) is 12.3 Å². The highest BCUT2D eigenvalue weighted by Gasteiger charge is 2.27. The average Bonchev–Trinajstić information content (AvgIpc) is 2.60. The van der Waals surface area contributed by atoms with Gasteiger partial charge in [0.05, 0.1) is 5.52 Å². The number of hydrogen-bond donors (Lipinski definition) is 2. The van der Waals surface area contributed by atoms with E-state index in [0.29, 0.717) is 11.8 Å². The van der Waals surface area contributed by atoms with E-state index >= 15 is 0 Å². The lowest BCUT2D eigenvalue weighted by Gasteiger charge is -2.31. The molecule has 0 amide bonds. The zero-order chi connectivity index (χ0) is 11.1. The van der Waals surface area contributed by atoms with E-state index in [1.165, 1.54) is 5.56 Å². The molecule has 2 aromatic heterocycles. The van der Waals surface area contributed by atoms with Crippen LogP contribution in [0.15, 0.2) is 12.3 Å². The van der Waals surface area contributed by atoms with Crippen LogP contribution in [0.2, 0.25) is 0 Å². The molecule has 1 unspecified atom stereocenters. The van der Waals surface area contributed by atoms with Gasteiger partial charge in [-0.3, -0.25) is 0 Å². The normalized spacial score (nSPS) is 18.6. The smallest absolute Gasteiger partial charge is 0.177 e. The summed E-state index contributed by atoms with van der Waals surface area (Å²) in [5.74, 6) is 2.26. The van der Waals surface area contributed by atoms with Crippen molar-refractivity contribution in [2.75, 3.05) is 13.1 Å². The van der Waals surface area contributed by atoms with Crippen molar-refractivity contribution in [3.8, 4) is 0 Å². The lowest BCUT2D eigenvalue weighted by Crippen LogP contribution is -2.44. The molecule has 0 aromatic carbocycles. The molecule has 1 atom stereocenters. The van der Waals surface area contributed by atoms with Crippen molar-refractivity contribution < 1.29 is 0 Å². The Morgan fingerprint density at radius 3 is 2.88 bits per heavy atom. The zero-order valence-electron chi connectivity index (χ0n) is 9.62. The number of aromatic nitrogens is 3. The second-order valence-electron chi connectivity index (χ2n) is 4.66. The third-order valence-electron chi connectivity index (χ3n) is 3.57. The number of fused-ring (bicyclic) bond motifs is 1. The topological polar surface area (TPSA) is 53.6 Å². The Bertz CT molecular complexity index is 513. The van der Waals surface area contributed by atoms with Crippen LogP contribution in [0.5, 0.6) is 0 Å². The lowest BCUT2D eigenvalue weighted by molar-refractivity contribution is 0.297. The number of hydrogen-bond acceptors (Lipinski definition) is 3. The molecule has 0 saturated carbocycles. The number of rotatable bonds is 2. The van der Waals surface area contributed by atoms with Crippen LogP contribution in [0.3, 0.4) is 0 Å². The Morgan fingerprint density at radius 1 is 1.44 bits per heavy atom. The summed E-state index contributed by atoms with van der Waals surface area (Å²) in [6, 6.07) is 2.01. The maximum absolute atomic E-state index is 4.58. The minimum Gasteiger partial charge on any atom is -0.340 e. The van der Waals surface area contributed by atoms with Gasteiger partial charge in [0, 0.05) is 12.1 Å². The van der Waals surface area contributed by atoms with Crippen LogP contribution >= 0.6 is 0 Å². The van der Waals surface area contributed by atoms with E-state index in [-0.39, 0.29) is 0 Å². The van der Waals surface area contributed by atoms with E-state index in [9.17, 15) is 0 Å². The maximum atomic E-state index is 4.58. The number of aromatic amines is 1. The van der Waals surface area contributed by atoms with Crippen molar-refractivity contribution in [3.05, 3.63) is 23.7 Å². The highest BCUT2D eigenvalue weighted by molar-refractivity contribution is 5.74. The molecule has 0 aliphatic carbocycles. The molecule has 0 radical (unpaired) electrons. The molecule has 2 N–H and O–H groups in total. The van der Waals surface area contributed by atoms with E-state index in [2.05, 4.69) is 34.1 Å². The van der Waals surface area contributed by atoms with Crippen molar-refractivity contribution in [2.24, 2.45) is 5.92 Å². The fourth-order valence-corrected chi connectivity index (χ4v) is 2.16. The first-order valence-corrected chi connectivity index (χ1v) is 5.77. The van der Waals surface area contributed by atoms with Gasteiger partial charge in [0.1, 0.15) is 5.82 Å². The van der Waals surface area contributed by atoms with Gasteiger partial charge in [-0.25, -0.2) is 9.97 Å². The van der Waals surface area contributed by atoms with E-state index in [1.54, 1.807) is 0 Å². The summed E-state index contributed by atoms with van der Waals surface area (Å²) in [5.41, 5.74) is 3.13. The molecular weight excluding hydrogens is 200 g/mol. The van der Waals surface area contributed by atoms with E-state index in [0.717, 1.165) is 30.1 Å². The summed E-state index contributed by atoms with van der Waals surface area (Å²) in [7, 11) is 0. The number of nitrogens with one attached hydrogen (secondary N) is 2. The largest absolute Gasteiger partial charge is 0.340 e. The number of imidazole rings is 1. The Balaban J connectivity index is 2.01. The van der Waals surface area contributed by atoms with E-state index < -0.39 is 0 Å². The van der Waals surface area contributed by atoms with Crippen LogP contribution in [0.4, 0.5) is 0 Å². The molecule has 1 saturated heterocycles. The van der Waals surface area contributed by atoms with Gasteiger partial charge < -0.3 is 10.3 Å². The highest BCUT2D eigenvalue weighted by Crippen LogP contribution is 2.26. The summed E-state index contributed by atoms with van der Waals surface area (Å²) in [6.07, 6.45) is 1.82. The standard InChI is InChI=1S/C12H16N4/c1-7-3-4-14-12-10(7)15-11(16-12)8(2)9-5-13-6-9/h3-4,8-9,13H,5-6H2,1-2H3,(H,14,15,16). The Hall–Kier alpha value is -1.42. The summed E-state index contributed by atoms with van der Waals surface area (Å²) in [4.78, 5) is 12.3. The fraction of sp³-hybridized carbons (Fsp3) is 0.500. The van der Waals surface area contributed by atoms with Crippen LogP contribution in [0.25, 0.3) is 11.2 Å². The predicted octanol–water partition coefficient (Wildman–Crippen LogP) is 1.59. The average molecular weight is 216 g/mol. The number of H-pyrrole nitrogens is 1. The summed E-state index contributed by atoms with van der Waals surface area (Å²) in [6.45, 7) is 6.52. The van der Waals surface area contributed by atoms with Crippen LogP contribution in [-0.2, 0) is 0 Å². The van der Waals surface area contributed by atoms with Gasteiger partial charge in [-0.15, -0.1) is 0 Å². The molecule has 1 aliphatic heterocycles. The molecular formula is C12H16N4. The van der Waals surface area contributed by atoms with Crippen LogP contribution in [0, 0.1) is 12.8 Å². The van der Waals surface area contributed by atoms with Crippen molar-refractivity contribution in [3.63, 3.8) is 0 Å². The first kappa shape index (κ1) is 9.78. The van der Waals surface area contributed by atoms with E-state index in [4.69, 9.17) is 0 Å². The molecule has 0 spiro atoms. The summed E-state index contributed by atoms with van der Waals surface area (Å²) >= 11 is 0. The number of nitrogens with zero attached hydrogens (tertiary/aromatic N) is 2. The van der Waals surface area contributed by atoms with Crippen molar-refractivity contribution in [1.82, 2.24) is 20.3 Å². The Kier molecular flexibility index (Phi) is 2.17. The van der Waals surface area contributed by atoms with Gasteiger partial charge in [-0.1, -0.05) is 6.92 Å². The molecule has 84 valence electrons. The molecule has 1 aliphatic rings. The van der Waals surface area contributed by atoms with Gasteiger partial charge >= 0.3 is 0 Å². The van der Waals surface area contributed by atoms with Gasteiger partial charge in [0.25, 0.3) is 0 Å². The number of aryl methyl sites for hydroxylation is 1. The molecule has 2 aromatic rings. The fourth-order valence-electron chi connectivity index (χ4n) is 2.16. The van der Waals surface area contributed by atoms with Crippen LogP contribution < -0.4 is 5.32 Å². The molecule has 1 fully saturated rings. The molecule has 3 heterocycles. The maximum Gasteiger partial charge on any atom is 0.177 e. The summed E-state index contributed by atoms with van der Waals surface area (Å²) < 4.78 is 0. The third-order valence-corrected chi connectivity index (χ3v) is 3.57. The molecule has 0 bridgehead atoms. The molecule has 3 rings (SSSR count). The first-order valence-electron chi connectivity index (χ1n) is 5.77. The lowest BCUT2D eigenvalue weighted by atomic mass is 9.88. The van der Waals surface area contributed by atoms with Crippen molar-refractivity contribution in [2.45, 2.75) is 19.8 Å². The van der Waals surface area contributed by atoms with Gasteiger partial charge in [0.15, 0.2) is 5.65 Å². The highest BCUT2D eigenvalue weighted by atomic mass is 15.0. The second-order valence-corrected chi connectivity index (χ2v) is 4.66.